The zero-order valence-corrected chi connectivity index (χ0v) is 9.38. The number of nitrogens with two attached hydrogens (primary N) is 1. The predicted octanol–water partition coefficient (Wildman–Crippen LogP) is 1.70. The first-order chi connectivity index (χ1) is 6.41. The highest BCUT2D eigenvalue weighted by molar-refractivity contribution is 5.76. The van der Waals surface area contributed by atoms with Crippen LogP contribution in [0, 0.1) is 11.8 Å². The molecule has 0 bridgehead atoms. The number of rotatable bonds is 3. The van der Waals surface area contributed by atoms with E-state index in [1.165, 1.54) is 0 Å². The molecule has 1 heterocycles. The van der Waals surface area contributed by atoms with E-state index >= 15 is 0 Å². The Balaban J connectivity index is 2.42. The van der Waals surface area contributed by atoms with Gasteiger partial charge < -0.3 is 10.5 Å². The smallest absolute Gasteiger partial charge is 0.220 e. The highest BCUT2D eigenvalue weighted by atomic mass is 16.5. The number of carbonyl (C=O) groups is 1. The lowest BCUT2D eigenvalue weighted by Crippen LogP contribution is -2.35. The van der Waals surface area contributed by atoms with Crippen LogP contribution in [0.4, 0.5) is 0 Å². The van der Waals surface area contributed by atoms with Crippen LogP contribution in [0.5, 0.6) is 0 Å². The van der Waals surface area contributed by atoms with Crippen molar-refractivity contribution in [2.24, 2.45) is 17.6 Å². The van der Waals surface area contributed by atoms with E-state index in [2.05, 4.69) is 13.8 Å². The van der Waals surface area contributed by atoms with Crippen LogP contribution in [0.25, 0.3) is 0 Å². The van der Waals surface area contributed by atoms with E-state index in [1.54, 1.807) is 0 Å². The van der Waals surface area contributed by atoms with Gasteiger partial charge in [-0.25, -0.2) is 0 Å². The van der Waals surface area contributed by atoms with Crippen LogP contribution in [0.15, 0.2) is 0 Å². The molecule has 82 valence electrons. The Morgan fingerprint density at radius 2 is 2.29 bits per heavy atom. The number of ether oxygens (including phenoxy) is 1. The molecule has 0 aromatic rings. The third-order valence-corrected chi connectivity index (χ3v) is 2.97. The molecule has 14 heavy (non-hydrogen) atoms. The first-order valence-electron chi connectivity index (χ1n) is 5.34. The van der Waals surface area contributed by atoms with Crippen molar-refractivity contribution in [1.29, 1.82) is 0 Å². The van der Waals surface area contributed by atoms with Gasteiger partial charge in [0.15, 0.2) is 0 Å². The Labute approximate surface area is 86.0 Å². The van der Waals surface area contributed by atoms with Crippen molar-refractivity contribution in [3.8, 4) is 0 Å². The summed E-state index contributed by atoms with van der Waals surface area (Å²) in [4.78, 5) is 10.9. The molecule has 1 fully saturated rings. The molecular weight excluding hydrogens is 178 g/mol. The molecule has 1 aliphatic rings. The van der Waals surface area contributed by atoms with Crippen LogP contribution < -0.4 is 5.73 Å². The van der Waals surface area contributed by atoms with Gasteiger partial charge in [-0.15, -0.1) is 0 Å². The molecule has 1 rings (SSSR count). The van der Waals surface area contributed by atoms with E-state index in [0.29, 0.717) is 5.92 Å². The number of amides is 1. The Hall–Kier alpha value is -0.570. The monoisotopic (exact) mass is 199 g/mol. The summed E-state index contributed by atoms with van der Waals surface area (Å²) in [6, 6.07) is 0. The fourth-order valence-corrected chi connectivity index (χ4v) is 2.18. The van der Waals surface area contributed by atoms with Crippen molar-refractivity contribution in [2.75, 3.05) is 6.61 Å². The molecule has 3 heteroatoms. The highest BCUT2D eigenvalue weighted by Crippen LogP contribution is 2.32. The molecule has 2 unspecified atom stereocenters. The second-order valence-corrected chi connectivity index (χ2v) is 5.01. The average Bonchev–Trinajstić information content (AvgIpc) is 2.01. The van der Waals surface area contributed by atoms with Gasteiger partial charge in [0.25, 0.3) is 0 Å². The average molecular weight is 199 g/mol. The summed E-state index contributed by atoms with van der Waals surface area (Å²) in [5, 5.41) is 0. The normalized spacial score (nSPS) is 28.4. The molecule has 3 nitrogen and oxygen atoms in total. The lowest BCUT2D eigenvalue weighted by atomic mass is 9.83. The maximum atomic E-state index is 10.9. The third-order valence-electron chi connectivity index (χ3n) is 2.97. The summed E-state index contributed by atoms with van der Waals surface area (Å²) in [5.74, 6) is 0.393. The fraction of sp³-hybridized carbons (Fsp3) is 0.909. The van der Waals surface area contributed by atoms with E-state index in [9.17, 15) is 4.79 Å². The molecular formula is C11H21NO2. The number of carbonyl (C=O) groups excluding carboxylic acids is 1. The maximum Gasteiger partial charge on any atom is 0.220 e. The van der Waals surface area contributed by atoms with Crippen LogP contribution in [0.2, 0.25) is 0 Å². The molecule has 0 spiro atoms. The Kier molecular flexibility index (Phi) is 3.53. The second kappa shape index (κ2) is 4.30. The Morgan fingerprint density at radius 3 is 2.79 bits per heavy atom. The zero-order valence-electron chi connectivity index (χ0n) is 9.38. The topological polar surface area (TPSA) is 52.3 Å². The summed E-state index contributed by atoms with van der Waals surface area (Å²) in [5.41, 5.74) is 5.22. The van der Waals surface area contributed by atoms with Crippen LogP contribution >= 0.6 is 0 Å². The molecule has 0 radical (unpaired) electrons. The molecule has 1 saturated heterocycles. The minimum atomic E-state index is -0.186. The zero-order chi connectivity index (χ0) is 10.8. The molecule has 1 aliphatic heterocycles. The molecule has 0 aromatic carbocycles. The summed E-state index contributed by atoms with van der Waals surface area (Å²) in [7, 11) is 0. The highest BCUT2D eigenvalue weighted by Gasteiger charge is 2.30. The van der Waals surface area contributed by atoms with E-state index in [1.807, 2.05) is 6.92 Å². The quantitative estimate of drug-likeness (QED) is 0.752. The molecule has 0 aromatic heterocycles. The Morgan fingerprint density at radius 1 is 1.64 bits per heavy atom. The van der Waals surface area contributed by atoms with Gasteiger partial charge in [-0.05, 0) is 39.0 Å². The van der Waals surface area contributed by atoms with Gasteiger partial charge >= 0.3 is 0 Å². The van der Waals surface area contributed by atoms with Crippen molar-refractivity contribution >= 4 is 5.91 Å². The van der Waals surface area contributed by atoms with Crippen molar-refractivity contribution in [3.05, 3.63) is 0 Å². The second-order valence-electron chi connectivity index (χ2n) is 5.01. The van der Waals surface area contributed by atoms with Crippen molar-refractivity contribution in [2.45, 2.75) is 45.6 Å². The van der Waals surface area contributed by atoms with Gasteiger partial charge in [0.2, 0.25) is 5.91 Å². The van der Waals surface area contributed by atoms with Crippen molar-refractivity contribution < 1.29 is 9.53 Å². The van der Waals surface area contributed by atoms with Crippen LogP contribution in [0.3, 0.4) is 0 Å². The SMILES string of the molecule is CC(CC1CCOC(C)(C)C1)C(N)=O. The van der Waals surface area contributed by atoms with E-state index < -0.39 is 0 Å². The van der Waals surface area contributed by atoms with Crippen LogP contribution in [-0.2, 0) is 9.53 Å². The predicted molar refractivity (Wildman–Crippen MR) is 55.7 cm³/mol. The van der Waals surface area contributed by atoms with Crippen LogP contribution in [0.1, 0.15) is 40.0 Å². The minimum Gasteiger partial charge on any atom is -0.376 e. The molecule has 0 saturated carbocycles. The lowest BCUT2D eigenvalue weighted by molar-refractivity contribution is -0.123. The van der Waals surface area contributed by atoms with Crippen LogP contribution in [-0.4, -0.2) is 18.1 Å². The van der Waals surface area contributed by atoms with E-state index in [-0.39, 0.29) is 17.4 Å². The number of hydrogen-bond donors (Lipinski definition) is 1. The van der Waals surface area contributed by atoms with Gasteiger partial charge in [0.1, 0.15) is 0 Å². The summed E-state index contributed by atoms with van der Waals surface area (Å²) >= 11 is 0. The molecule has 1 amide bonds. The minimum absolute atomic E-state index is 0.00565. The molecule has 0 aliphatic carbocycles. The molecule has 2 atom stereocenters. The van der Waals surface area contributed by atoms with Gasteiger partial charge in [-0.1, -0.05) is 6.92 Å². The molecule has 2 N–H and O–H groups in total. The Bertz CT molecular complexity index is 213. The number of primary amides is 1. The van der Waals surface area contributed by atoms with Gasteiger partial charge in [-0.3, -0.25) is 4.79 Å². The number of hydrogen-bond acceptors (Lipinski definition) is 2. The summed E-state index contributed by atoms with van der Waals surface area (Å²) < 4.78 is 5.62. The first kappa shape index (κ1) is 11.5. The lowest BCUT2D eigenvalue weighted by Gasteiger charge is -2.36. The van der Waals surface area contributed by atoms with Gasteiger partial charge in [0.05, 0.1) is 5.60 Å². The summed E-state index contributed by atoms with van der Waals surface area (Å²) in [6.45, 7) is 6.93. The van der Waals surface area contributed by atoms with Gasteiger partial charge in [-0.2, -0.15) is 0 Å². The van der Waals surface area contributed by atoms with Gasteiger partial charge in [0, 0.05) is 12.5 Å². The van der Waals surface area contributed by atoms with E-state index in [4.69, 9.17) is 10.5 Å². The maximum absolute atomic E-state index is 10.9. The standard InChI is InChI=1S/C11H21NO2/c1-8(10(12)13)6-9-4-5-14-11(2,3)7-9/h8-9H,4-7H2,1-3H3,(H2,12,13). The van der Waals surface area contributed by atoms with Crippen molar-refractivity contribution in [1.82, 2.24) is 0 Å². The summed E-state index contributed by atoms with van der Waals surface area (Å²) in [6.07, 6.45) is 2.99. The van der Waals surface area contributed by atoms with E-state index in [0.717, 1.165) is 25.9 Å². The first-order valence-corrected chi connectivity index (χ1v) is 5.34. The van der Waals surface area contributed by atoms with Crippen molar-refractivity contribution in [3.63, 3.8) is 0 Å². The largest absolute Gasteiger partial charge is 0.376 e. The third kappa shape index (κ3) is 3.29. The fourth-order valence-electron chi connectivity index (χ4n) is 2.18.